The Bertz CT molecular complexity index is 1400. The van der Waals surface area contributed by atoms with Gasteiger partial charge >= 0.3 is 11.9 Å². The smallest absolute Gasteiger partial charge is 0.302 e. The predicted octanol–water partition coefficient (Wildman–Crippen LogP) is 3.56. The Hall–Kier alpha value is -3.34. The first-order valence-corrected chi connectivity index (χ1v) is 11.1. The summed E-state index contributed by atoms with van der Waals surface area (Å²) in [7, 11) is 0. The average molecular weight is 492 g/mol. The molecular weight excluding hydrogens is 471 g/mol. The van der Waals surface area contributed by atoms with Crippen LogP contribution in [0, 0.1) is 17.7 Å². The summed E-state index contributed by atoms with van der Waals surface area (Å²) < 4.78 is 68.5. The van der Waals surface area contributed by atoms with Gasteiger partial charge in [-0.05, 0) is 55.1 Å². The molecular formula is C24H21F5N4O2. The summed E-state index contributed by atoms with van der Waals surface area (Å²) in [5.41, 5.74) is -2.50. The van der Waals surface area contributed by atoms with Crippen LogP contribution in [-0.4, -0.2) is 39.1 Å². The molecule has 0 spiro atoms. The number of likely N-dealkylation sites (tertiary alicyclic amines) is 1. The number of aromatic amines is 1. The minimum absolute atomic E-state index is 0.00523. The Morgan fingerprint density at radius 1 is 1.11 bits per heavy atom. The Kier molecular flexibility index (Phi) is 5.62. The zero-order valence-electron chi connectivity index (χ0n) is 18.4. The topological polar surface area (TPSA) is 71.0 Å². The van der Waals surface area contributed by atoms with Gasteiger partial charge in [-0.3, -0.25) is 14.3 Å². The summed E-state index contributed by atoms with van der Waals surface area (Å²) in [4.78, 5) is 32.2. The molecule has 1 aromatic carbocycles. The summed E-state index contributed by atoms with van der Waals surface area (Å²) in [6, 6.07) is 5.63. The monoisotopic (exact) mass is 492 g/mol. The van der Waals surface area contributed by atoms with Gasteiger partial charge < -0.3 is 4.90 Å². The lowest BCUT2D eigenvalue weighted by Gasteiger charge is -2.22. The largest absolute Gasteiger partial charge is 0.416 e. The van der Waals surface area contributed by atoms with E-state index in [-0.39, 0.29) is 23.6 Å². The second kappa shape index (κ2) is 8.40. The lowest BCUT2D eigenvalue weighted by Crippen LogP contribution is -2.32. The van der Waals surface area contributed by atoms with Crippen molar-refractivity contribution < 1.29 is 22.0 Å². The number of nitrogens with one attached hydrogen (secondary N) is 1. The van der Waals surface area contributed by atoms with Crippen molar-refractivity contribution in [1.29, 1.82) is 0 Å². The number of nitrogens with zero attached hydrogens (tertiary/aromatic N) is 3. The highest BCUT2D eigenvalue weighted by Gasteiger charge is 2.61. The Labute approximate surface area is 196 Å². The van der Waals surface area contributed by atoms with Crippen molar-refractivity contribution in [2.45, 2.75) is 31.0 Å². The highest BCUT2D eigenvalue weighted by molar-refractivity contribution is 5.60. The number of benzene rings is 1. The quantitative estimate of drug-likeness (QED) is 0.422. The summed E-state index contributed by atoms with van der Waals surface area (Å²) in [6.07, 6.45) is -0.774. The van der Waals surface area contributed by atoms with Crippen LogP contribution in [0.2, 0.25) is 0 Å². The number of fused-ring (bicyclic) bond motifs is 1. The molecule has 3 heterocycles. The van der Waals surface area contributed by atoms with Gasteiger partial charge in [0.05, 0.1) is 11.1 Å². The molecule has 2 aromatic heterocycles. The third kappa shape index (κ3) is 4.29. The zero-order chi connectivity index (χ0) is 25.0. The van der Waals surface area contributed by atoms with Crippen molar-refractivity contribution in [1.82, 2.24) is 19.4 Å². The lowest BCUT2D eigenvalue weighted by atomic mass is 9.93. The van der Waals surface area contributed by atoms with Crippen molar-refractivity contribution in [3.63, 3.8) is 0 Å². The first-order valence-electron chi connectivity index (χ1n) is 11.1. The van der Waals surface area contributed by atoms with E-state index in [9.17, 15) is 31.5 Å². The van der Waals surface area contributed by atoms with E-state index in [0.717, 1.165) is 12.5 Å². The van der Waals surface area contributed by atoms with E-state index >= 15 is 0 Å². The van der Waals surface area contributed by atoms with Crippen molar-refractivity contribution >= 4 is 0 Å². The van der Waals surface area contributed by atoms with E-state index < -0.39 is 40.2 Å². The first-order chi connectivity index (χ1) is 16.6. The van der Waals surface area contributed by atoms with Crippen LogP contribution in [0.5, 0.6) is 0 Å². The van der Waals surface area contributed by atoms with Crippen LogP contribution in [0.1, 0.15) is 24.0 Å². The highest BCUT2D eigenvalue weighted by atomic mass is 19.4. The molecule has 5 rings (SSSR count). The molecule has 1 saturated carbocycles. The number of alkyl halides is 3. The lowest BCUT2D eigenvalue weighted by molar-refractivity contribution is -0.137. The number of hydrogen-bond acceptors (Lipinski definition) is 4. The molecule has 35 heavy (non-hydrogen) atoms. The minimum atomic E-state index is -4.59. The van der Waals surface area contributed by atoms with Gasteiger partial charge in [0, 0.05) is 43.0 Å². The summed E-state index contributed by atoms with van der Waals surface area (Å²) in [6.45, 7) is 2.04. The van der Waals surface area contributed by atoms with Gasteiger partial charge in [0.1, 0.15) is 5.82 Å². The maximum Gasteiger partial charge on any atom is 0.416 e. The number of rotatable bonds is 6. The fraction of sp³-hybridized carbons (Fsp3) is 0.375. The molecule has 0 bridgehead atoms. The molecule has 11 heteroatoms. The summed E-state index contributed by atoms with van der Waals surface area (Å²) in [5, 5.41) is 0. The Balaban J connectivity index is 1.25. The van der Waals surface area contributed by atoms with Gasteiger partial charge in [-0.25, -0.2) is 14.2 Å². The van der Waals surface area contributed by atoms with E-state index in [1.165, 1.54) is 35.2 Å². The number of hydrogen-bond donors (Lipinski definition) is 1. The molecule has 184 valence electrons. The molecule has 2 fully saturated rings. The number of piperidine rings is 1. The van der Waals surface area contributed by atoms with Gasteiger partial charge in [0.15, 0.2) is 0 Å². The van der Waals surface area contributed by atoms with Crippen molar-refractivity contribution in [2.24, 2.45) is 5.92 Å². The zero-order valence-corrected chi connectivity index (χ0v) is 18.4. The predicted molar refractivity (Wildman–Crippen MR) is 117 cm³/mol. The molecule has 6 nitrogen and oxygen atoms in total. The molecule has 3 aromatic rings. The molecule has 2 atom stereocenters. The molecule has 1 aliphatic carbocycles. The van der Waals surface area contributed by atoms with Crippen LogP contribution in [0.3, 0.4) is 0 Å². The van der Waals surface area contributed by atoms with Crippen molar-refractivity contribution in [3.8, 4) is 11.1 Å². The third-order valence-electron chi connectivity index (χ3n) is 6.98. The second-order valence-electron chi connectivity index (χ2n) is 9.18. The van der Waals surface area contributed by atoms with Crippen LogP contribution in [-0.2, 0) is 18.1 Å². The first kappa shape index (κ1) is 23.4. The molecule has 1 N–H and O–H groups in total. The fourth-order valence-corrected chi connectivity index (χ4v) is 5.19. The maximum atomic E-state index is 14.6. The number of aryl methyl sites for hydroxylation is 1. The minimum Gasteiger partial charge on any atom is -0.302 e. The second-order valence-corrected chi connectivity index (χ2v) is 9.18. The summed E-state index contributed by atoms with van der Waals surface area (Å²) in [5.74, 6) is -1.48. The van der Waals surface area contributed by atoms with Gasteiger partial charge in [-0.1, -0.05) is 6.07 Å². The van der Waals surface area contributed by atoms with Crippen LogP contribution in [0.25, 0.3) is 11.1 Å². The van der Waals surface area contributed by atoms with E-state index in [2.05, 4.69) is 14.9 Å². The van der Waals surface area contributed by atoms with E-state index in [1.807, 2.05) is 0 Å². The Morgan fingerprint density at radius 3 is 2.63 bits per heavy atom. The van der Waals surface area contributed by atoms with E-state index in [4.69, 9.17) is 0 Å². The van der Waals surface area contributed by atoms with Crippen LogP contribution < -0.4 is 11.2 Å². The van der Waals surface area contributed by atoms with Crippen molar-refractivity contribution in [3.05, 3.63) is 86.5 Å². The van der Waals surface area contributed by atoms with E-state index in [0.29, 0.717) is 37.7 Å². The van der Waals surface area contributed by atoms with Crippen LogP contribution in [0.15, 0.2) is 52.3 Å². The number of aromatic nitrogens is 3. The van der Waals surface area contributed by atoms with Gasteiger partial charge in [-0.2, -0.15) is 17.6 Å². The number of H-pyrrole nitrogens is 1. The van der Waals surface area contributed by atoms with Crippen LogP contribution in [0.4, 0.5) is 22.0 Å². The summed E-state index contributed by atoms with van der Waals surface area (Å²) >= 11 is 0. The normalized spacial score (nSPS) is 21.8. The number of pyridine rings is 1. The van der Waals surface area contributed by atoms with E-state index in [1.54, 1.807) is 0 Å². The highest BCUT2D eigenvalue weighted by Crippen LogP contribution is 2.59. The number of halogens is 5. The Morgan fingerprint density at radius 2 is 1.91 bits per heavy atom. The maximum absolute atomic E-state index is 14.6. The fourth-order valence-electron chi connectivity index (χ4n) is 5.19. The van der Waals surface area contributed by atoms with Gasteiger partial charge in [0.2, 0.25) is 5.95 Å². The molecule has 0 radical (unpaired) electrons. The van der Waals surface area contributed by atoms with Crippen LogP contribution >= 0.6 is 0 Å². The standard InChI is InChI=1S/C24H21F5N4O2/c25-19-9-14(24(27,28)29)4-5-18(19)23-10-15(23)11-32(13-23)7-2-8-33-12-17(21(34)31-22(33)35)16-3-1-6-30-20(16)26/h1,3-6,9,12,15H,2,7-8,10-11,13H2,(H,31,34,35). The van der Waals surface area contributed by atoms with Gasteiger partial charge in [0.25, 0.3) is 5.56 Å². The SMILES string of the molecule is O=c1[nH]c(=O)n(CCCN2CC3CC3(c3ccc(C(F)(F)F)cc3F)C2)cc1-c1cccnc1F. The molecule has 0 amide bonds. The molecule has 2 unspecified atom stereocenters. The molecule has 2 aliphatic rings. The third-order valence-corrected chi connectivity index (χ3v) is 6.98. The average Bonchev–Trinajstić information content (AvgIpc) is 3.36. The molecule has 1 saturated heterocycles. The van der Waals surface area contributed by atoms with Gasteiger partial charge in [-0.15, -0.1) is 0 Å². The molecule has 1 aliphatic heterocycles. The van der Waals surface area contributed by atoms with Crippen molar-refractivity contribution in [2.75, 3.05) is 19.6 Å².